The van der Waals surface area contributed by atoms with Gasteiger partial charge in [0.25, 0.3) is 0 Å². The molecule has 0 aliphatic rings. The van der Waals surface area contributed by atoms with Crippen LogP contribution in [0.1, 0.15) is 11.1 Å². The van der Waals surface area contributed by atoms with Crippen LogP contribution in [0.3, 0.4) is 0 Å². The summed E-state index contributed by atoms with van der Waals surface area (Å²) in [7, 11) is -1.54. The Morgan fingerprint density at radius 1 is 0.609 bits per heavy atom. The average molecular weight is 308 g/mol. The van der Waals surface area contributed by atoms with Gasteiger partial charge in [0, 0.05) is 11.1 Å². The third kappa shape index (κ3) is 3.80. The first kappa shape index (κ1) is 14.9. The lowest BCUT2D eigenvalue weighted by Crippen LogP contribution is -2.41. The van der Waals surface area contributed by atoms with Crippen LogP contribution < -0.4 is 10.4 Å². The van der Waals surface area contributed by atoms with Crippen molar-refractivity contribution in [2.24, 2.45) is 0 Å². The van der Waals surface area contributed by atoms with E-state index < -0.39 is 8.80 Å². The number of terminal acetylenes is 1. The molecule has 108 valence electrons. The summed E-state index contributed by atoms with van der Waals surface area (Å²) in [6.45, 7) is 0. The molecule has 0 spiro atoms. The maximum absolute atomic E-state index is 5.39. The second-order valence-corrected chi connectivity index (χ2v) is 7.73. The molecule has 0 radical (unpaired) electrons. The highest BCUT2D eigenvalue weighted by Gasteiger charge is 2.12. The zero-order valence-corrected chi connectivity index (χ0v) is 13.9. The molecule has 0 bridgehead atoms. The second-order valence-electron chi connectivity index (χ2n) is 5.25. The van der Waals surface area contributed by atoms with Crippen molar-refractivity contribution in [2.45, 2.75) is 0 Å². The van der Waals surface area contributed by atoms with Crippen LogP contribution in [0.2, 0.25) is 0 Å². The standard InChI is InChI=1S/C22H16Si/c1-2-19-13-15-20(16-14-19)17-18-23(21-9-5-3-6-10-21)22-11-7-4-8-12-22/h1,3-16,23H. The Hall–Kier alpha value is -3.00. The minimum absolute atomic E-state index is 0.885. The van der Waals surface area contributed by atoms with E-state index in [1.807, 2.05) is 36.4 Å². The van der Waals surface area contributed by atoms with Gasteiger partial charge in [-0.2, -0.15) is 0 Å². The van der Waals surface area contributed by atoms with Gasteiger partial charge in [-0.1, -0.05) is 72.5 Å². The first-order valence-electron chi connectivity index (χ1n) is 7.55. The quantitative estimate of drug-likeness (QED) is 0.504. The Morgan fingerprint density at radius 3 is 1.57 bits per heavy atom. The SMILES string of the molecule is C#Cc1ccc(C#C[SiH](c2ccccc2)c2ccccc2)cc1. The van der Waals surface area contributed by atoms with Crippen LogP contribution in [0.15, 0.2) is 84.9 Å². The highest BCUT2D eigenvalue weighted by Crippen LogP contribution is 2.01. The number of hydrogen-bond acceptors (Lipinski definition) is 0. The van der Waals surface area contributed by atoms with Crippen molar-refractivity contribution in [1.82, 2.24) is 0 Å². The first-order chi connectivity index (χ1) is 11.4. The molecule has 1 heteroatoms. The molecule has 0 aromatic heterocycles. The molecule has 0 atom stereocenters. The minimum atomic E-state index is -1.54. The van der Waals surface area contributed by atoms with E-state index in [0.29, 0.717) is 0 Å². The summed E-state index contributed by atoms with van der Waals surface area (Å²) in [5.41, 5.74) is 5.44. The molecule has 0 nitrogen and oxygen atoms in total. The predicted molar refractivity (Wildman–Crippen MR) is 101 cm³/mol. The molecule has 3 rings (SSSR count). The van der Waals surface area contributed by atoms with Crippen molar-refractivity contribution in [3.63, 3.8) is 0 Å². The van der Waals surface area contributed by atoms with Crippen LogP contribution in [-0.4, -0.2) is 8.80 Å². The van der Waals surface area contributed by atoms with Crippen molar-refractivity contribution in [2.75, 3.05) is 0 Å². The molecule has 3 aromatic carbocycles. The van der Waals surface area contributed by atoms with Gasteiger partial charge < -0.3 is 0 Å². The molecular weight excluding hydrogens is 292 g/mol. The normalized spacial score (nSPS) is 9.74. The fourth-order valence-corrected chi connectivity index (χ4v) is 4.70. The lowest BCUT2D eigenvalue weighted by Gasteiger charge is -2.09. The van der Waals surface area contributed by atoms with E-state index in [1.165, 1.54) is 10.4 Å². The van der Waals surface area contributed by atoms with Crippen LogP contribution in [0.25, 0.3) is 0 Å². The number of hydrogen-bond donors (Lipinski definition) is 0. The van der Waals surface area contributed by atoms with Crippen molar-refractivity contribution >= 4 is 19.2 Å². The average Bonchev–Trinajstić information content (AvgIpc) is 2.64. The summed E-state index contributed by atoms with van der Waals surface area (Å²) >= 11 is 0. The third-order valence-electron chi connectivity index (χ3n) is 3.68. The molecule has 23 heavy (non-hydrogen) atoms. The summed E-state index contributed by atoms with van der Waals surface area (Å²) in [6, 6.07) is 29.0. The van der Waals surface area contributed by atoms with Crippen molar-refractivity contribution in [1.29, 1.82) is 0 Å². The van der Waals surface area contributed by atoms with E-state index in [-0.39, 0.29) is 0 Å². The molecule has 0 N–H and O–H groups in total. The van der Waals surface area contributed by atoms with Crippen LogP contribution in [-0.2, 0) is 0 Å². The number of benzene rings is 3. The topological polar surface area (TPSA) is 0 Å². The zero-order valence-electron chi connectivity index (χ0n) is 12.7. The van der Waals surface area contributed by atoms with E-state index in [1.54, 1.807) is 0 Å². The molecule has 0 aliphatic heterocycles. The van der Waals surface area contributed by atoms with Gasteiger partial charge in [-0.15, -0.1) is 12.0 Å². The number of rotatable bonds is 2. The van der Waals surface area contributed by atoms with Gasteiger partial charge in [0.05, 0.1) is 0 Å². The minimum Gasteiger partial charge on any atom is -0.119 e. The van der Waals surface area contributed by atoms with Gasteiger partial charge in [-0.3, -0.25) is 0 Å². The third-order valence-corrected chi connectivity index (χ3v) is 6.21. The Bertz CT molecular complexity index is 821. The smallest absolute Gasteiger partial charge is 0.119 e. The maximum atomic E-state index is 5.39. The Labute approximate surface area is 139 Å². The molecule has 0 amide bonds. The highest BCUT2D eigenvalue weighted by atomic mass is 28.3. The lowest BCUT2D eigenvalue weighted by molar-refractivity contribution is 1.60. The van der Waals surface area contributed by atoms with Crippen LogP contribution in [0.4, 0.5) is 0 Å². The van der Waals surface area contributed by atoms with E-state index in [9.17, 15) is 0 Å². The van der Waals surface area contributed by atoms with E-state index in [4.69, 9.17) is 6.42 Å². The van der Waals surface area contributed by atoms with Gasteiger partial charge in [0.1, 0.15) is 0 Å². The summed E-state index contributed by atoms with van der Waals surface area (Å²) in [5, 5.41) is 2.68. The lowest BCUT2D eigenvalue weighted by atomic mass is 10.1. The van der Waals surface area contributed by atoms with E-state index in [0.717, 1.165) is 11.1 Å². The van der Waals surface area contributed by atoms with E-state index >= 15 is 0 Å². The molecule has 0 unspecified atom stereocenters. The van der Waals surface area contributed by atoms with Gasteiger partial charge in [0.2, 0.25) is 0 Å². The molecule has 0 fully saturated rings. The summed E-state index contributed by atoms with van der Waals surface area (Å²) in [6.07, 6.45) is 5.39. The molecule has 0 saturated carbocycles. The zero-order chi connectivity index (χ0) is 15.9. The maximum Gasteiger partial charge on any atom is 0.184 e. The molecule has 3 aromatic rings. The summed E-state index contributed by atoms with van der Waals surface area (Å²) < 4.78 is 0. The second kappa shape index (κ2) is 7.32. The predicted octanol–water partition coefficient (Wildman–Crippen LogP) is 2.60. The fraction of sp³-hybridized carbons (Fsp3) is 0. The van der Waals surface area contributed by atoms with Gasteiger partial charge in [-0.25, -0.2) is 0 Å². The fourth-order valence-electron chi connectivity index (χ4n) is 2.46. The van der Waals surface area contributed by atoms with Crippen LogP contribution in [0, 0.1) is 23.8 Å². The van der Waals surface area contributed by atoms with Crippen molar-refractivity contribution in [3.8, 4) is 23.8 Å². The van der Waals surface area contributed by atoms with Gasteiger partial charge >= 0.3 is 0 Å². The molecule has 0 saturated heterocycles. The van der Waals surface area contributed by atoms with Crippen LogP contribution >= 0.6 is 0 Å². The largest absolute Gasteiger partial charge is 0.184 e. The Balaban J connectivity index is 1.97. The highest BCUT2D eigenvalue weighted by molar-refractivity contribution is 6.91. The van der Waals surface area contributed by atoms with Crippen LogP contribution in [0.5, 0.6) is 0 Å². The van der Waals surface area contributed by atoms with Crippen molar-refractivity contribution in [3.05, 3.63) is 96.1 Å². The summed E-state index contributed by atoms with van der Waals surface area (Å²) in [5.74, 6) is 5.97. The van der Waals surface area contributed by atoms with Crippen molar-refractivity contribution < 1.29 is 0 Å². The first-order valence-corrected chi connectivity index (χ1v) is 9.28. The summed E-state index contributed by atoms with van der Waals surface area (Å²) in [4.78, 5) is 0. The van der Waals surface area contributed by atoms with Gasteiger partial charge in [-0.05, 0) is 34.6 Å². The molecule has 0 aliphatic carbocycles. The monoisotopic (exact) mass is 308 g/mol. The Morgan fingerprint density at radius 2 is 1.09 bits per heavy atom. The molecule has 0 heterocycles. The molecular formula is C22H16Si. The van der Waals surface area contributed by atoms with Gasteiger partial charge in [0.15, 0.2) is 8.80 Å². The van der Waals surface area contributed by atoms with E-state index in [2.05, 4.69) is 65.9 Å². The Kier molecular flexibility index (Phi) is 4.75.